The topological polar surface area (TPSA) is 38.7 Å². The van der Waals surface area contributed by atoms with Gasteiger partial charge in [0.25, 0.3) is 0 Å². The fourth-order valence-electron chi connectivity index (χ4n) is 3.78. The Labute approximate surface area is 141 Å². The molecule has 0 radical (unpaired) electrons. The van der Waals surface area contributed by atoms with Crippen molar-refractivity contribution >= 4 is 0 Å². The van der Waals surface area contributed by atoms with E-state index in [1.54, 1.807) is 0 Å². The Morgan fingerprint density at radius 3 is 2.57 bits per heavy atom. The molecule has 0 spiro atoms. The molecular formula is C20H32O3. The molecule has 3 heteroatoms. The maximum Gasteiger partial charge on any atom is 0.185 e. The Hall–Kier alpha value is -0.900. The highest BCUT2D eigenvalue weighted by Crippen LogP contribution is 2.49. The summed E-state index contributed by atoms with van der Waals surface area (Å²) in [6, 6.07) is 0. The summed E-state index contributed by atoms with van der Waals surface area (Å²) < 4.78 is 11.4. The molecule has 0 amide bonds. The molecule has 130 valence electrons. The fraction of sp³-hybridized carbons (Fsp3) is 0.700. The van der Waals surface area contributed by atoms with Crippen molar-refractivity contribution in [3.05, 3.63) is 36.0 Å². The van der Waals surface area contributed by atoms with Crippen molar-refractivity contribution in [1.82, 2.24) is 0 Å². The van der Waals surface area contributed by atoms with E-state index in [1.165, 1.54) is 5.57 Å². The van der Waals surface area contributed by atoms with E-state index in [2.05, 4.69) is 38.7 Å². The minimum atomic E-state index is -0.587. The second kappa shape index (κ2) is 7.33. The first-order valence-electron chi connectivity index (χ1n) is 8.70. The molecule has 0 bridgehead atoms. The highest BCUT2D eigenvalue weighted by molar-refractivity contribution is 5.20. The van der Waals surface area contributed by atoms with Gasteiger partial charge >= 0.3 is 0 Å². The summed E-state index contributed by atoms with van der Waals surface area (Å²) in [4.78, 5) is 0. The van der Waals surface area contributed by atoms with Crippen LogP contribution in [-0.2, 0) is 9.47 Å². The van der Waals surface area contributed by atoms with Gasteiger partial charge < -0.3 is 14.6 Å². The van der Waals surface area contributed by atoms with Crippen molar-refractivity contribution in [3.63, 3.8) is 0 Å². The molecule has 1 N–H and O–H groups in total. The van der Waals surface area contributed by atoms with Crippen LogP contribution in [0.3, 0.4) is 0 Å². The average molecular weight is 320 g/mol. The van der Waals surface area contributed by atoms with Gasteiger partial charge in [0, 0.05) is 5.92 Å². The van der Waals surface area contributed by atoms with Gasteiger partial charge in [-0.1, -0.05) is 43.7 Å². The number of hydrogen-bond acceptors (Lipinski definition) is 3. The van der Waals surface area contributed by atoms with E-state index in [1.807, 2.05) is 13.8 Å². The van der Waals surface area contributed by atoms with Gasteiger partial charge in [-0.05, 0) is 50.5 Å². The number of allylic oxidation sites excluding steroid dienone is 3. The fourth-order valence-corrected chi connectivity index (χ4v) is 3.78. The second-order valence-electron chi connectivity index (χ2n) is 7.71. The number of aliphatic hydroxyl groups is 1. The van der Waals surface area contributed by atoms with Crippen LogP contribution in [0.4, 0.5) is 0 Å². The van der Waals surface area contributed by atoms with Gasteiger partial charge in [-0.2, -0.15) is 0 Å². The van der Waals surface area contributed by atoms with E-state index < -0.39 is 5.79 Å². The molecule has 3 nitrogen and oxygen atoms in total. The van der Waals surface area contributed by atoms with Crippen LogP contribution in [0, 0.1) is 17.3 Å². The molecule has 1 aliphatic carbocycles. The average Bonchev–Trinajstić information content (AvgIpc) is 2.92. The number of hydrogen-bond donors (Lipinski definition) is 1. The van der Waals surface area contributed by atoms with Crippen LogP contribution in [-0.4, -0.2) is 30.7 Å². The minimum Gasteiger partial charge on any atom is -0.392 e. The lowest BCUT2D eigenvalue weighted by molar-refractivity contribution is -0.100. The number of ether oxygens (including phenoxy) is 2. The molecule has 0 aromatic carbocycles. The van der Waals surface area contributed by atoms with Gasteiger partial charge in [-0.3, -0.25) is 0 Å². The largest absolute Gasteiger partial charge is 0.392 e. The zero-order valence-corrected chi connectivity index (χ0v) is 15.1. The molecule has 1 saturated heterocycles. The Balaban J connectivity index is 2.13. The van der Waals surface area contributed by atoms with Gasteiger partial charge in [0.1, 0.15) is 0 Å². The standard InChI is InChI=1S/C20H32O3/c1-15(14-21)6-8-17-9-7-16(2)18(19(17,3)4)10-11-20(5)22-12-13-23-20/h6,10-11,17-18,21H,2,7-9,12-14H2,1,3-5H3/b11-10+,15-6+/t17-,18+/m0/s1. The van der Waals surface area contributed by atoms with E-state index in [0.717, 1.165) is 24.8 Å². The Kier molecular flexibility index (Phi) is 5.88. The smallest absolute Gasteiger partial charge is 0.185 e. The van der Waals surface area contributed by atoms with Crippen molar-refractivity contribution in [2.75, 3.05) is 19.8 Å². The van der Waals surface area contributed by atoms with Crippen LogP contribution < -0.4 is 0 Å². The molecule has 1 aliphatic heterocycles. The SMILES string of the molecule is C=C1CC[C@H](C/C=C(\C)CO)C(C)(C)[C@@H]1/C=C/C1(C)OCCO1. The third kappa shape index (κ3) is 4.34. The van der Waals surface area contributed by atoms with Gasteiger partial charge in [0.2, 0.25) is 0 Å². The highest BCUT2D eigenvalue weighted by atomic mass is 16.7. The monoisotopic (exact) mass is 320 g/mol. The van der Waals surface area contributed by atoms with Crippen molar-refractivity contribution in [2.24, 2.45) is 17.3 Å². The molecule has 1 saturated carbocycles. The third-order valence-electron chi connectivity index (χ3n) is 5.56. The van der Waals surface area contributed by atoms with Crippen LogP contribution in [0.2, 0.25) is 0 Å². The zero-order chi connectivity index (χ0) is 17.1. The highest BCUT2D eigenvalue weighted by Gasteiger charge is 2.40. The molecule has 0 aromatic rings. The summed E-state index contributed by atoms with van der Waals surface area (Å²) in [6.07, 6.45) is 9.73. The maximum absolute atomic E-state index is 9.20. The van der Waals surface area contributed by atoms with E-state index in [9.17, 15) is 5.11 Å². The lowest BCUT2D eigenvalue weighted by atomic mass is 9.59. The van der Waals surface area contributed by atoms with E-state index in [-0.39, 0.29) is 12.0 Å². The Bertz CT molecular complexity index is 481. The zero-order valence-electron chi connectivity index (χ0n) is 15.1. The lowest BCUT2D eigenvalue weighted by Crippen LogP contribution is -2.37. The molecule has 2 aliphatic rings. The van der Waals surface area contributed by atoms with Crippen LogP contribution in [0.1, 0.15) is 47.0 Å². The quantitative estimate of drug-likeness (QED) is 0.770. The van der Waals surface area contributed by atoms with Crippen molar-refractivity contribution in [2.45, 2.75) is 52.7 Å². The molecule has 1 heterocycles. The first-order chi connectivity index (χ1) is 10.8. The van der Waals surface area contributed by atoms with Crippen LogP contribution in [0.5, 0.6) is 0 Å². The molecule has 2 rings (SSSR count). The summed E-state index contributed by atoms with van der Waals surface area (Å²) in [5.41, 5.74) is 2.48. The van der Waals surface area contributed by atoms with Gasteiger partial charge in [-0.25, -0.2) is 0 Å². The molecular weight excluding hydrogens is 288 g/mol. The number of aliphatic hydroxyl groups excluding tert-OH is 1. The Morgan fingerprint density at radius 1 is 1.30 bits per heavy atom. The summed E-state index contributed by atoms with van der Waals surface area (Å²) in [6.45, 7) is 14.4. The summed E-state index contributed by atoms with van der Waals surface area (Å²) in [5, 5.41) is 9.20. The van der Waals surface area contributed by atoms with Crippen molar-refractivity contribution in [3.8, 4) is 0 Å². The predicted octanol–water partition coefficient (Wildman–Crippen LogP) is 4.24. The van der Waals surface area contributed by atoms with E-state index >= 15 is 0 Å². The van der Waals surface area contributed by atoms with Gasteiger partial charge in [0.15, 0.2) is 5.79 Å². The van der Waals surface area contributed by atoms with Crippen molar-refractivity contribution < 1.29 is 14.6 Å². The minimum absolute atomic E-state index is 0.132. The second-order valence-corrected chi connectivity index (χ2v) is 7.71. The van der Waals surface area contributed by atoms with E-state index in [4.69, 9.17) is 9.47 Å². The first kappa shape index (κ1) is 18.4. The maximum atomic E-state index is 9.20. The summed E-state index contributed by atoms with van der Waals surface area (Å²) in [5.74, 6) is 0.326. The van der Waals surface area contributed by atoms with E-state index in [0.29, 0.717) is 25.0 Å². The molecule has 0 aromatic heterocycles. The summed E-state index contributed by atoms with van der Waals surface area (Å²) in [7, 11) is 0. The third-order valence-corrected chi connectivity index (χ3v) is 5.56. The predicted molar refractivity (Wildman–Crippen MR) is 94.0 cm³/mol. The van der Waals surface area contributed by atoms with Gasteiger partial charge in [-0.15, -0.1) is 0 Å². The van der Waals surface area contributed by atoms with Gasteiger partial charge in [0.05, 0.1) is 19.8 Å². The van der Waals surface area contributed by atoms with Crippen molar-refractivity contribution in [1.29, 1.82) is 0 Å². The summed E-state index contributed by atoms with van der Waals surface area (Å²) >= 11 is 0. The molecule has 23 heavy (non-hydrogen) atoms. The molecule has 2 fully saturated rings. The first-order valence-corrected chi connectivity index (χ1v) is 8.70. The lowest BCUT2D eigenvalue weighted by Gasteiger charge is -2.45. The Morgan fingerprint density at radius 2 is 1.96 bits per heavy atom. The molecule has 2 atom stereocenters. The van der Waals surface area contributed by atoms with Crippen LogP contribution in [0.15, 0.2) is 36.0 Å². The molecule has 0 unspecified atom stereocenters. The van der Waals surface area contributed by atoms with Crippen LogP contribution >= 0.6 is 0 Å². The normalized spacial score (nSPS) is 31.0. The number of rotatable bonds is 5. The van der Waals surface area contributed by atoms with Crippen LogP contribution in [0.25, 0.3) is 0 Å².